The predicted octanol–water partition coefficient (Wildman–Crippen LogP) is 7.16. The van der Waals surface area contributed by atoms with Crippen LogP contribution in [0.25, 0.3) is 0 Å². The first-order valence-electron chi connectivity index (χ1n) is 9.99. The number of aliphatic hydroxyl groups excluding tert-OH is 2. The summed E-state index contributed by atoms with van der Waals surface area (Å²) in [6, 6.07) is 3.09. The molecule has 0 aromatic carbocycles. The molecule has 0 radical (unpaired) electrons. The van der Waals surface area contributed by atoms with Gasteiger partial charge in [-0.05, 0) is 48.3 Å². The number of hydrogen-bond acceptors (Lipinski definition) is 10. The fourth-order valence-corrected chi connectivity index (χ4v) is 7.89. The lowest BCUT2D eigenvalue weighted by Crippen LogP contribution is -2.36. The number of nitrogens with zero attached hydrogens (tertiary/aromatic N) is 2. The molecule has 2 fully saturated rings. The van der Waals surface area contributed by atoms with E-state index in [1.54, 1.807) is 16.9 Å². The third-order valence-corrected chi connectivity index (χ3v) is 11.3. The molecule has 3 rings (SSSR count). The van der Waals surface area contributed by atoms with Gasteiger partial charge in [-0.25, -0.2) is 4.98 Å². The molecule has 1 aromatic heterocycles. The minimum atomic E-state index is -0.463. The average molecular weight is 545 g/mol. The van der Waals surface area contributed by atoms with Gasteiger partial charge in [0.05, 0.1) is 18.1 Å². The molecule has 6 nitrogen and oxygen atoms in total. The summed E-state index contributed by atoms with van der Waals surface area (Å²) in [6.45, 7) is 4.69. The van der Waals surface area contributed by atoms with Crippen molar-refractivity contribution in [2.24, 2.45) is 0 Å². The zero-order chi connectivity index (χ0) is 22.5. The van der Waals surface area contributed by atoms with E-state index in [0.29, 0.717) is 6.61 Å². The van der Waals surface area contributed by atoms with Gasteiger partial charge in [-0.1, -0.05) is 73.9 Å². The zero-order valence-corrected chi connectivity index (χ0v) is 21.6. The van der Waals surface area contributed by atoms with Crippen LogP contribution in [0.4, 0.5) is 5.69 Å². The molecular formula is C21H40N2O4S5. The number of aromatic nitrogens is 1. The highest BCUT2D eigenvalue weighted by Gasteiger charge is 2.38. The highest BCUT2D eigenvalue weighted by Crippen LogP contribution is 2.51. The van der Waals surface area contributed by atoms with Crippen LogP contribution in [0.2, 0.25) is 0 Å². The van der Waals surface area contributed by atoms with Gasteiger partial charge in [-0.15, -0.1) is 0 Å². The molecule has 1 aromatic rings. The van der Waals surface area contributed by atoms with Gasteiger partial charge in [-0.2, -0.15) is 12.6 Å². The molecule has 2 N–H and O–H groups in total. The second kappa shape index (κ2) is 18.5. The van der Waals surface area contributed by atoms with Gasteiger partial charge in [-0.3, -0.25) is 10.1 Å². The van der Waals surface area contributed by atoms with E-state index in [1.807, 2.05) is 28.5 Å². The normalized spacial score (nSPS) is 16.8. The summed E-state index contributed by atoms with van der Waals surface area (Å²) < 4.78 is 0.217. The minimum Gasteiger partial charge on any atom is -0.395 e. The topological polar surface area (TPSA) is 96.5 Å². The van der Waals surface area contributed by atoms with Gasteiger partial charge in [0.2, 0.25) is 0 Å². The lowest BCUT2D eigenvalue weighted by molar-refractivity contribution is -0.385. The highest BCUT2D eigenvalue weighted by atomic mass is 33.1. The van der Waals surface area contributed by atoms with Gasteiger partial charge in [0.15, 0.2) is 0 Å². The van der Waals surface area contributed by atoms with Gasteiger partial charge >= 0.3 is 0 Å². The Kier molecular flexibility index (Phi) is 19.9. The Hall–Kier alpha value is 0.220. The number of pyridine rings is 1. The van der Waals surface area contributed by atoms with Gasteiger partial charge in [0.25, 0.3) is 5.69 Å². The average Bonchev–Trinajstić information content (AvgIpc) is 2.69. The Bertz CT molecular complexity index is 604. The summed E-state index contributed by atoms with van der Waals surface area (Å²) in [7, 11) is 6.83. The van der Waals surface area contributed by atoms with Crippen molar-refractivity contribution < 1.29 is 15.1 Å². The van der Waals surface area contributed by atoms with E-state index < -0.39 is 4.92 Å². The van der Waals surface area contributed by atoms with Crippen LogP contribution >= 0.6 is 55.8 Å². The van der Waals surface area contributed by atoms with Crippen LogP contribution in [0, 0.1) is 10.1 Å². The molecule has 0 spiro atoms. The third-order valence-electron chi connectivity index (χ3n) is 4.69. The van der Waals surface area contributed by atoms with E-state index in [2.05, 4.69) is 24.5 Å². The first kappa shape index (κ1) is 34.4. The summed E-state index contributed by atoms with van der Waals surface area (Å²) in [5.74, 6) is 2.09. The molecule has 2 saturated carbocycles. The molecule has 0 amide bonds. The van der Waals surface area contributed by atoms with E-state index in [0.717, 1.165) is 35.8 Å². The van der Waals surface area contributed by atoms with Gasteiger partial charge in [0, 0.05) is 21.3 Å². The first-order chi connectivity index (χ1) is 14.4. The van der Waals surface area contributed by atoms with Crippen molar-refractivity contribution >= 4 is 61.5 Å². The highest BCUT2D eigenvalue weighted by molar-refractivity contribution is 8.77. The lowest BCUT2D eigenvalue weighted by atomic mass is 9.85. The molecule has 1 heterocycles. The molecule has 11 heteroatoms. The van der Waals surface area contributed by atoms with Gasteiger partial charge < -0.3 is 10.2 Å². The van der Waals surface area contributed by atoms with Crippen molar-refractivity contribution in [1.82, 2.24) is 4.98 Å². The standard InChI is InChI=1S/C10H12N2O3S2.C7H14OS2.C2H6S.2CH4/c13-7-10(4-1-5-10)17-16-9-3-2-8(6-11-9)12(14)15;1-2-9-10-7(6-8)4-3-5-7;1-2-3;;/h2-3,6,13H,1,4-5,7H2;8H,2-6H2,1H3;3H,2H2,1H3;2*1H4. The van der Waals surface area contributed by atoms with Crippen LogP contribution in [0.1, 0.15) is 67.2 Å². The molecule has 0 atom stereocenters. The minimum absolute atomic E-state index is 0. The first-order valence-corrected chi connectivity index (χ1v) is 15.1. The summed E-state index contributed by atoms with van der Waals surface area (Å²) >= 11 is 3.79. The van der Waals surface area contributed by atoms with Crippen molar-refractivity contribution in [3.8, 4) is 0 Å². The number of thiol groups is 1. The van der Waals surface area contributed by atoms with Crippen molar-refractivity contribution in [3.63, 3.8) is 0 Å². The Morgan fingerprint density at radius 1 is 1.06 bits per heavy atom. The molecule has 0 unspecified atom stereocenters. The fraction of sp³-hybridized carbons (Fsp3) is 0.762. The van der Waals surface area contributed by atoms with E-state index in [1.165, 1.54) is 42.3 Å². The monoisotopic (exact) mass is 544 g/mol. The maximum atomic E-state index is 10.5. The third kappa shape index (κ3) is 11.6. The number of nitro groups is 1. The van der Waals surface area contributed by atoms with E-state index in [9.17, 15) is 15.2 Å². The fourth-order valence-electron chi connectivity index (χ4n) is 2.52. The predicted molar refractivity (Wildman–Crippen MR) is 150 cm³/mol. The van der Waals surface area contributed by atoms with Crippen LogP contribution in [-0.4, -0.2) is 54.3 Å². The molecule has 32 heavy (non-hydrogen) atoms. The molecular weight excluding hydrogens is 505 g/mol. The maximum absolute atomic E-state index is 10.5. The van der Waals surface area contributed by atoms with E-state index >= 15 is 0 Å². The van der Waals surface area contributed by atoms with Gasteiger partial charge in [0.1, 0.15) is 11.2 Å². The number of hydrogen-bond donors (Lipinski definition) is 3. The number of aliphatic hydroxyl groups is 2. The van der Waals surface area contributed by atoms with Crippen molar-refractivity contribution in [3.05, 3.63) is 28.4 Å². The van der Waals surface area contributed by atoms with Crippen LogP contribution in [0.5, 0.6) is 0 Å². The van der Waals surface area contributed by atoms with Crippen molar-refractivity contribution in [2.75, 3.05) is 24.7 Å². The molecule has 0 aliphatic heterocycles. The molecule has 0 saturated heterocycles. The zero-order valence-electron chi connectivity index (χ0n) is 17.5. The summed E-state index contributed by atoms with van der Waals surface area (Å²) in [6.07, 6.45) is 8.18. The van der Waals surface area contributed by atoms with Crippen LogP contribution in [0.3, 0.4) is 0 Å². The second-order valence-electron chi connectivity index (χ2n) is 6.97. The van der Waals surface area contributed by atoms with Crippen LogP contribution < -0.4 is 0 Å². The lowest BCUT2D eigenvalue weighted by Gasteiger charge is -2.38. The second-order valence-corrected chi connectivity index (χ2v) is 13.3. The Morgan fingerprint density at radius 3 is 1.88 bits per heavy atom. The summed E-state index contributed by atoms with van der Waals surface area (Å²) in [4.78, 5) is 14.0. The molecule has 0 bridgehead atoms. The Morgan fingerprint density at radius 2 is 1.56 bits per heavy atom. The van der Waals surface area contributed by atoms with E-state index in [4.69, 9.17) is 5.11 Å². The van der Waals surface area contributed by atoms with Crippen LogP contribution in [-0.2, 0) is 0 Å². The molecule has 2 aliphatic carbocycles. The SMILES string of the molecule is C.C.CCS.CCSSC1(CO)CCC1.O=[N+]([O-])c1ccc(SSC2(CO)CCC2)nc1. The Labute approximate surface area is 215 Å². The number of rotatable bonds is 9. The maximum Gasteiger partial charge on any atom is 0.287 e. The largest absolute Gasteiger partial charge is 0.395 e. The van der Waals surface area contributed by atoms with Crippen molar-refractivity contribution in [2.45, 2.75) is 81.7 Å². The van der Waals surface area contributed by atoms with Crippen LogP contribution in [0.15, 0.2) is 23.4 Å². The smallest absolute Gasteiger partial charge is 0.287 e. The van der Waals surface area contributed by atoms with E-state index in [-0.39, 0.29) is 36.6 Å². The quantitative estimate of drug-likeness (QED) is 0.129. The van der Waals surface area contributed by atoms with Crippen molar-refractivity contribution in [1.29, 1.82) is 0 Å². The molecule has 2 aliphatic rings. The Balaban J connectivity index is 0. The summed E-state index contributed by atoms with van der Waals surface area (Å²) in [5, 5.41) is 29.5. The molecule has 188 valence electrons. The summed E-state index contributed by atoms with van der Waals surface area (Å²) in [5.41, 5.74) is -0.000124.